The van der Waals surface area contributed by atoms with E-state index in [4.69, 9.17) is 0 Å². The van der Waals surface area contributed by atoms with Gasteiger partial charge in [-0.15, -0.1) is 0 Å². The second kappa shape index (κ2) is 5.84. The molecule has 0 aliphatic carbocycles. The number of halogens is 3. The van der Waals surface area contributed by atoms with Gasteiger partial charge < -0.3 is 10.2 Å². The number of hydrogen-bond acceptors (Lipinski definition) is 4. The molecule has 3 rings (SSSR count). The maximum atomic E-state index is 12.0. The summed E-state index contributed by atoms with van der Waals surface area (Å²) in [5.74, 6) is -0.544. The van der Waals surface area contributed by atoms with Crippen molar-refractivity contribution < 1.29 is 13.6 Å². The fourth-order valence-electron chi connectivity index (χ4n) is 2.14. The second-order valence-electron chi connectivity index (χ2n) is 4.85. The smallest absolute Gasteiger partial charge is 0.255 e. The number of nitrogens with one attached hydrogen (secondary N) is 1. The van der Waals surface area contributed by atoms with Gasteiger partial charge in [-0.05, 0) is 18.2 Å². The second-order valence-corrected chi connectivity index (χ2v) is 6.77. The first kappa shape index (κ1) is 14.6. The molecule has 112 valence electrons. The van der Waals surface area contributed by atoms with Crippen molar-refractivity contribution in [3.63, 3.8) is 0 Å². The third-order valence-corrected chi connectivity index (χ3v) is 4.86. The molecule has 1 aliphatic heterocycles. The minimum absolute atomic E-state index is 0.234. The Hall–Kier alpha value is -1.28. The van der Waals surface area contributed by atoms with Crippen LogP contribution < -0.4 is 10.2 Å². The SMILES string of the molecule is O=C(NCC(F)F)C1CN(c2nc3ccc(Br)cc3s2)C1. The topological polar surface area (TPSA) is 45.2 Å². The minimum atomic E-state index is -2.51. The number of fused-ring (bicyclic) bond motifs is 1. The Kier molecular flexibility index (Phi) is 4.08. The third-order valence-electron chi connectivity index (χ3n) is 3.29. The van der Waals surface area contributed by atoms with Gasteiger partial charge in [-0.2, -0.15) is 0 Å². The van der Waals surface area contributed by atoms with Crippen molar-refractivity contribution in [2.24, 2.45) is 5.92 Å². The highest BCUT2D eigenvalue weighted by atomic mass is 79.9. The standard InChI is InChI=1S/C13H12BrF2N3OS/c14-8-1-2-9-10(3-8)21-13(18-9)19-5-7(6-19)12(20)17-4-11(15)16/h1-3,7,11H,4-6H2,(H,17,20). The molecule has 1 aliphatic rings. The van der Waals surface area contributed by atoms with E-state index < -0.39 is 13.0 Å². The lowest BCUT2D eigenvalue weighted by molar-refractivity contribution is -0.126. The van der Waals surface area contributed by atoms with Gasteiger partial charge in [0.2, 0.25) is 5.91 Å². The van der Waals surface area contributed by atoms with E-state index in [2.05, 4.69) is 26.2 Å². The molecule has 1 saturated heterocycles. The molecular formula is C13H12BrF2N3OS. The number of alkyl halides is 2. The van der Waals surface area contributed by atoms with E-state index in [0.717, 1.165) is 19.8 Å². The lowest BCUT2D eigenvalue weighted by Crippen LogP contribution is -2.54. The maximum absolute atomic E-state index is 12.0. The molecule has 0 atom stereocenters. The van der Waals surface area contributed by atoms with Gasteiger partial charge in [-0.3, -0.25) is 4.79 Å². The fraction of sp³-hybridized carbons (Fsp3) is 0.385. The molecule has 8 heteroatoms. The molecule has 0 unspecified atom stereocenters. The van der Waals surface area contributed by atoms with Gasteiger partial charge in [-0.1, -0.05) is 27.3 Å². The molecule has 0 bridgehead atoms. The first-order valence-corrected chi connectivity index (χ1v) is 8.01. The number of benzene rings is 1. The normalized spacial score (nSPS) is 15.5. The van der Waals surface area contributed by atoms with E-state index >= 15 is 0 Å². The highest BCUT2D eigenvalue weighted by molar-refractivity contribution is 9.10. The average molecular weight is 376 g/mol. The van der Waals surface area contributed by atoms with Crippen molar-refractivity contribution in [2.75, 3.05) is 24.5 Å². The number of amides is 1. The number of carbonyl (C=O) groups is 1. The quantitative estimate of drug-likeness (QED) is 0.893. The van der Waals surface area contributed by atoms with Crippen molar-refractivity contribution in [1.29, 1.82) is 0 Å². The number of nitrogens with zero attached hydrogens (tertiary/aromatic N) is 2. The molecule has 0 radical (unpaired) electrons. The Morgan fingerprint density at radius 3 is 3.00 bits per heavy atom. The zero-order valence-corrected chi connectivity index (χ0v) is 13.3. The van der Waals surface area contributed by atoms with Crippen LogP contribution in [-0.4, -0.2) is 37.0 Å². The van der Waals surface area contributed by atoms with Crippen LogP contribution in [0.2, 0.25) is 0 Å². The number of anilines is 1. The Balaban J connectivity index is 1.61. The summed E-state index contributed by atoms with van der Waals surface area (Å²) < 4.78 is 26.1. The lowest BCUT2D eigenvalue weighted by Gasteiger charge is -2.37. The van der Waals surface area contributed by atoms with Crippen LogP contribution in [0.25, 0.3) is 10.2 Å². The van der Waals surface area contributed by atoms with Gasteiger partial charge in [0, 0.05) is 17.6 Å². The van der Waals surface area contributed by atoms with Crippen molar-refractivity contribution in [2.45, 2.75) is 6.43 Å². The van der Waals surface area contributed by atoms with E-state index in [1.807, 2.05) is 23.1 Å². The van der Waals surface area contributed by atoms with Crippen LogP contribution >= 0.6 is 27.3 Å². The molecule has 1 aromatic carbocycles. The number of rotatable bonds is 4. The van der Waals surface area contributed by atoms with Gasteiger partial charge in [0.05, 0.1) is 22.7 Å². The molecule has 4 nitrogen and oxygen atoms in total. The highest BCUT2D eigenvalue weighted by Gasteiger charge is 2.34. The van der Waals surface area contributed by atoms with Crippen LogP contribution in [0, 0.1) is 5.92 Å². The highest BCUT2D eigenvalue weighted by Crippen LogP contribution is 2.34. The number of hydrogen-bond donors (Lipinski definition) is 1. The molecule has 21 heavy (non-hydrogen) atoms. The molecule has 2 aromatic rings. The monoisotopic (exact) mass is 375 g/mol. The lowest BCUT2D eigenvalue weighted by atomic mass is 10.0. The van der Waals surface area contributed by atoms with Crippen molar-refractivity contribution in [3.05, 3.63) is 22.7 Å². The van der Waals surface area contributed by atoms with Crippen LogP contribution in [0.4, 0.5) is 13.9 Å². The maximum Gasteiger partial charge on any atom is 0.255 e. The van der Waals surface area contributed by atoms with Gasteiger partial charge >= 0.3 is 0 Å². The van der Waals surface area contributed by atoms with Crippen LogP contribution in [0.1, 0.15) is 0 Å². The Morgan fingerprint density at radius 1 is 1.52 bits per heavy atom. The predicted molar refractivity (Wildman–Crippen MR) is 82.0 cm³/mol. The average Bonchev–Trinajstić information content (AvgIpc) is 2.76. The molecule has 2 heterocycles. The predicted octanol–water partition coefficient (Wildman–Crippen LogP) is 2.88. The van der Waals surface area contributed by atoms with Crippen molar-refractivity contribution in [3.8, 4) is 0 Å². The van der Waals surface area contributed by atoms with Crippen LogP contribution in [0.15, 0.2) is 22.7 Å². The number of thiazole rings is 1. The summed E-state index contributed by atoms with van der Waals surface area (Å²) in [6, 6.07) is 5.87. The first-order valence-electron chi connectivity index (χ1n) is 6.40. The zero-order valence-electron chi connectivity index (χ0n) is 10.9. The molecule has 0 spiro atoms. The van der Waals surface area contributed by atoms with Crippen molar-refractivity contribution >= 4 is 48.5 Å². The van der Waals surface area contributed by atoms with Gasteiger partial charge in [0.15, 0.2) is 5.13 Å². The summed E-state index contributed by atoms with van der Waals surface area (Å²) in [5.41, 5.74) is 0.920. The molecule has 0 saturated carbocycles. The number of carbonyl (C=O) groups excluding carboxylic acids is 1. The molecular weight excluding hydrogens is 364 g/mol. The Bertz CT molecular complexity index is 672. The van der Waals surface area contributed by atoms with E-state index in [0.29, 0.717) is 13.1 Å². The molecule has 1 fully saturated rings. The Labute approximate surface area is 132 Å². The van der Waals surface area contributed by atoms with Crippen LogP contribution in [0.5, 0.6) is 0 Å². The summed E-state index contributed by atoms with van der Waals surface area (Å²) in [4.78, 5) is 18.1. The zero-order chi connectivity index (χ0) is 15.0. The van der Waals surface area contributed by atoms with Crippen LogP contribution in [0.3, 0.4) is 0 Å². The molecule has 1 N–H and O–H groups in total. The largest absolute Gasteiger partial charge is 0.350 e. The van der Waals surface area contributed by atoms with Crippen molar-refractivity contribution in [1.82, 2.24) is 10.3 Å². The van der Waals surface area contributed by atoms with Gasteiger partial charge in [-0.25, -0.2) is 13.8 Å². The minimum Gasteiger partial charge on any atom is -0.350 e. The van der Waals surface area contributed by atoms with E-state index in [1.165, 1.54) is 0 Å². The van der Waals surface area contributed by atoms with E-state index in [9.17, 15) is 13.6 Å². The Morgan fingerprint density at radius 2 is 2.29 bits per heavy atom. The van der Waals surface area contributed by atoms with E-state index in [-0.39, 0.29) is 11.8 Å². The van der Waals surface area contributed by atoms with Gasteiger partial charge in [0.1, 0.15) is 0 Å². The molecule has 1 aromatic heterocycles. The summed E-state index contributed by atoms with van der Waals surface area (Å²) in [6.07, 6.45) is -2.51. The summed E-state index contributed by atoms with van der Waals surface area (Å²) in [6.45, 7) is 0.469. The first-order chi connectivity index (χ1) is 10.0. The summed E-state index contributed by atoms with van der Waals surface area (Å²) in [5, 5.41) is 3.11. The van der Waals surface area contributed by atoms with Crippen LogP contribution in [-0.2, 0) is 4.79 Å². The summed E-state index contributed by atoms with van der Waals surface area (Å²) >= 11 is 4.98. The molecule has 1 amide bonds. The fourth-order valence-corrected chi connectivity index (χ4v) is 3.68. The third kappa shape index (κ3) is 3.16. The summed E-state index contributed by atoms with van der Waals surface area (Å²) in [7, 11) is 0. The number of aromatic nitrogens is 1. The van der Waals surface area contributed by atoms with Gasteiger partial charge in [0.25, 0.3) is 6.43 Å². The van der Waals surface area contributed by atoms with E-state index in [1.54, 1.807) is 11.3 Å².